The molecule has 4 heterocycles. The quantitative estimate of drug-likeness (QED) is 0.190. The molecule has 0 fully saturated rings. The number of rotatable bonds is 4. The van der Waals surface area contributed by atoms with Crippen LogP contribution < -0.4 is 0 Å². The summed E-state index contributed by atoms with van der Waals surface area (Å²) in [5, 5.41) is 5.67. The first-order valence-electron chi connectivity index (χ1n) is 17.2. The van der Waals surface area contributed by atoms with Gasteiger partial charge in [-0.25, -0.2) is 9.97 Å². The highest BCUT2D eigenvalue weighted by Crippen LogP contribution is 2.40. The van der Waals surface area contributed by atoms with Crippen LogP contribution in [0.2, 0.25) is 0 Å². The Hall–Kier alpha value is -6.98. The van der Waals surface area contributed by atoms with Crippen molar-refractivity contribution in [3.8, 4) is 34.0 Å². The van der Waals surface area contributed by atoms with Gasteiger partial charge in [0.15, 0.2) is 11.4 Å². The van der Waals surface area contributed by atoms with E-state index in [4.69, 9.17) is 14.4 Å². The number of furan rings is 1. The first kappa shape index (κ1) is 27.9. The molecular weight excluding hydrogens is 625 g/mol. The fourth-order valence-corrected chi connectivity index (χ4v) is 7.86. The molecule has 4 aromatic heterocycles. The molecule has 0 atom stereocenters. The number of hydrogen-bond acceptors (Lipinski definition) is 3. The molecule has 0 radical (unpaired) electrons. The molecule has 0 N–H and O–H groups in total. The number of para-hydroxylation sites is 5. The summed E-state index contributed by atoms with van der Waals surface area (Å²) in [6.07, 6.45) is 0. The monoisotopic (exact) mass is 652 g/mol. The lowest BCUT2D eigenvalue weighted by molar-refractivity contribution is 0.667. The minimum absolute atomic E-state index is 0.661. The average Bonchev–Trinajstić information content (AvgIpc) is 3.85. The zero-order chi connectivity index (χ0) is 33.5. The van der Waals surface area contributed by atoms with Crippen molar-refractivity contribution >= 4 is 65.7 Å². The van der Waals surface area contributed by atoms with Crippen LogP contribution in [0.15, 0.2) is 174 Å². The molecule has 0 bridgehead atoms. The van der Waals surface area contributed by atoms with Crippen molar-refractivity contribution in [2.24, 2.45) is 0 Å². The molecule has 5 heteroatoms. The molecule has 11 aromatic rings. The van der Waals surface area contributed by atoms with E-state index in [9.17, 15) is 0 Å². The van der Waals surface area contributed by atoms with Gasteiger partial charge in [0.2, 0.25) is 0 Å². The number of fused-ring (bicyclic) bond motifs is 9. The smallest absolute Gasteiger partial charge is 0.180 e. The summed E-state index contributed by atoms with van der Waals surface area (Å²) >= 11 is 0. The van der Waals surface area contributed by atoms with E-state index in [0.29, 0.717) is 11.4 Å². The number of benzene rings is 7. The van der Waals surface area contributed by atoms with Crippen molar-refractivity contribution in [2.75, 3.05) is 0 Å². The molecule has 0 spiro atoms. The van der Waals surface area contributed by atoms with Crippen molar-refractivity contribution in [3.05, 3.63) is 170 Å². The van der Waals surface area contributed by atoms with E-state index in [0.717, 1.165) is 77.5 Å². The van der Waals surface area contributed by atoms with Gasteiger partial charge in [0, 0.05) is 49.4 Å². The highest BCUT2D eigenvalue weighted by Gasteiger charge is 2.21. The lowest BCUT2D eigenvalue weighted by Gasteiger charge is -2.09. The Morgan fingerprint density at radius 3 is 1.51 bits per heavy atom. The van der Waals surface area contributed by atoms with E-state index >= 15 is 0 Å². The fourth-order valence-electron chi connectivity index (χ4n) is 7.86. The van der Waals surface area contributed by atoms with Crippen LogP contribution in [0, 0.1) is 0 Å². The molecule has 0 saturated carbocycles. The Labute approximate surface area is 292 Å². The van der Waals surface area contributed by atoms with Crippen molar-refractivity contribution < 1.29 is 4.42 Å². The van der Waals surface area contributed by atoms with Gasteiger partial charge >= 0.3 is 0 Å². The van der Waals surface area contributed by atoms with Crippen molar-refractivity contribution in [1.82, 2.24) is 19.1 Å². The third-order valence-corrected chi connectivity index (χ3v) is 10.1. The first-order valence-corrected chi connectivity index (χ1v) is 17.2. The maximum absolute atomic E-state index is 6.55. The first-order chi connectivity index (χ1) is 25.3. The zero-order valence-corrected chi connectivity index (χ0v) is 27.4. The largest absolute Gasteiger partial charge is 0.452 e. The topological polar surface area (TPSA) is 48.8 Å². The summed E-state index contributed by atoms with van der Waals surface area (Å²) < 4.78 is 11.2. The zero-order valence-electron chi connectivity index (χ0n) is 27.4. The summed E-state index contributed by atoms with van der Waals surface area (Å²) in [5.74, 6) is 0.661. The second kappa shape index (κ2) is 10.8. The molecule has 51 heavy (non-hydrogen) atoms. The molecule has 238 valence electrons. The van der Waals surface area contributed by atoms with Gasteiger partial charge in [-0.15, -0.1) is 0 Å². The number of nitrogens with zero attached hydrogens (tertiary/aromatic N) is 4. The Kier molecular flexibility index (Phi) is 5.89. The molecule has 7 aromatic carbocycles. The molecule has 5 nitrogen and oxygen atoms in total. The summed E-state index contributed by atoms with van der Waals surface area (Å²) in [4.78, 5) is 10.5. The van der Waals surface area contributed by atoms with Crippen LogP contribution in [-0.2, 0) is 0 Å². The van der Waals surface area contributed by atoms with Gasteiger partial charge in [0.05, 0.1) is 22.1 Å². The third kappa shape index (κ3) is 4.15. The molecule has 0 amide bonds. The Morgan fingerprint density at radius 1 is 0.392 bits per heavy atom. The van der Waals surface area contributed by atoms with Crippen LogP contribution in [0.25, 0.3) is 99.7 Å². The maximum atomic E-state index is 6.55. The second-order valence-electron chi connectivity index (χ2n) is 13.0. The van der Waals surface area contributed by atoms with Crippen molar-refractivity contribution in [1.29, 1.82) is 0 Å². The van der Waals surface area contributed by atoms with E-state index in [2.05, 4.69) is 161 Å². The minimum atomic E-state index is 0.661. The molecule has 0 aliphatic carbocycles. The predicted octanol–water partition coefficient (Wildman–Crippen LogP) is 11.9. The Morgan fingerprint density at radius 2 is 0.882 bits per heavy atom. The van der Waals surface area contributed by atoms with E-state index in [1.807, 2.05) is 18.2 Å². The Balaban J connectivity index is 1.17. The highest BCUT2D eigenvalue weighted by molar-refractivity contribution is 6.13. The van der Waals surface area contributed by atoms with Gasteiger partial charge in [-0.1, -0.05) is 91.0 Å². The van der Waals surface area contributed by atoms with Crippen LogP contribution in [-0.4, -0.2) is 19.1 Å². The summed E-state index contributed by atoms with van der Waals surface area (Å²) in [6, 6.07) is 59.6. The van der Waals surface area contributed by atoms with E-state index in [-0.39, 0.29) is 0 Å². The van der Waals surface area contributed by atoms with Crippen LogP contribution in [0.5, 0.6) is 0 Å². The SMILES string of the molecule is c1ccc(-n2c3ccccc3c3cc(-c4nc(-c5ccc6c(c5)c5ccccc5n6-c5ccccc5)c5oc6ccccc6c5n4)ccc32)cc1. The van der Waals surface area contributed by atoms with Gasteiger partial charge in [-0.05, 0) is 78.9 Å². The highest BCUT2D eigenvalue weighted by atomic mass is 16.3. The van der Waals surface area contributed by atoms with Gasteiger partial charge in [-0.2, -0.15) is 0 Å². The maximum Gasteiger partial charge on any atom is 0.180 e. The lowest BCUT2D eigenvalue weighted by Crippen LogP contribution is -1.95. The Bertz CT molecular complexity index is 3130. The van der Waals surface area contributed by atoms with Crippen molar-refractivity contribution in [2.45, 2.75) is 0 Å². The number of hydrogen-bond donors (Lipinski definition) is 0. The van der Waals surface area contributed by atoms with Gasteiger partial charge < -0.3 is 13.6 Å². The molecule has 0 aliphatic heterocycles. The third-order valence-electron chi connectivity index (χ3n) is 10.1. The predicted molar refractivity (Wildman–Crippen MR) is 209 cm³/mol. The van der Waals surface area contributed by atoms with Gasteiger partial charge in [0.1, 0.15) is 16.8 Å². The summed E-state index contributed by atoms with van der Waals surface area (Å²) in [7, 11) is 0. The van der Waals surface area contributed by atoms with Crippen LogP contribution in [0.3, 0.4) is 0 Å². The second-order valence-corrected chi connectivity index (χ2v) is 13.0. The van der Waals surface area contributed by atoms with E-state index < -0.39 is 0 Å². The molecule has 0 aliphatic rings. The molecular formula is C46H28N4O. The normalized spacial score (nSPS) is 11.9. The fraction of sp³-hybridized carbons (Fsp3) is 0. The van der Waals surface area contributed by atoms with E-state index in [1.54, 1.807) is 0 Å². The van der Waals surface area contributed by atoms with Crippen LogP contribution in [0.4, 0.5) is 0 Å². The van der Waals surface area contributed by atoms with Crippen LogP contribution >= 0.6 is 0 Å². The molecule has 0 saturated heterocycles. The lowest BCUT2D eigenvalue weighted by atomic mass is 10.0. The average molecular weight is 653 g/mol. The van der Waals surface area contributed by atoms with Gasteiger partial charge in [0.25, 0.3) is 0 Å². The van der Waals surface area contributed by atoms with Gasteiger partial charge in [-0.3, -0.25) is 0 Å². The molecule has 0 unspecified atom stereocenters. The number of aromatic nitrogens is 4. The standard InChI is InChI=1S/C46H28N4O/c1-3-13-31(14-4-1)49-38-20-10-7-17-33(38)36-27-29(23-25-40(36)49)43-45-44(35-19-9-12-22-42(35)51-45)48-46(47-43)30-24-26-41-37(28-30)34-18-8-11-21-39(34)50(41)32-15-5-2-6-16-32/h1-28H. The van der Waals surface area contributed by atoms with Crippen molar-refractivity contribution in [3.63, 3.8) is 0 Å². The summed E-state index contributed by atoms with van der Waals surface area (Å²) in [5.41, 5.74) is 11.9. The van der Waals surface area contributed by atoms with Crippen LogP contribution in [0.1, 0.15) is 0 Å². The van der Waals surface area contributed by atoms with E-state index in [1.165, 1.54) is 10.8 Å². The minimum Gasteiger partial charge on any atom is -0.452 e. The molecule has 11 rings (SSSR count). The summed E-state index contributed by atoms with van der Waals surface area (Å²) in [6.45, 7) is 0.